The van der Waals surface area contributed by atoms with E-state index in [0.29, 0.717) is 6.20 Å². The van der Waals surface area contributed by atoms with Crippen LogP contribution in [0.15, 0.2) is 11.0 Å². The van der Waals surface area contributed by atoms with Gasteiger partial charge in [0, 0.05) is 0 Å². The molecule has 1 aliphatic heterocycles. The van der Waals surface area contributed by atoms with E-state index in [0.717, 1.165) is 0 Å². The van der Waals surface area contributed by atoms with Crippen molar-refractivity contribution >= 4 is 29.3 Å². The molecule has 0 spiro atoms. The molecule has 0 aromatic carbocycles. The van der Waals surface area contributed by atoms with E-state index in [4.69, 9.17) is 31.6 Å². The van der Waals surface area contributed by atoms with Crippen molar-refractivity contribution in [2.24, 2.45) is 0 Å². The summed E-state index contributed by atoms with van der Waals surface area (Å²) < 4.78 is 78.8. The lowest BCUT2D eigenvalue weighted by molar-refractivity contribution is -0.0537. The molecule has 1 aromatic rings. The lowest BCUT2D eigenvalue weighted by Gasteiger charge is -2.23. The molecule has 2 heterocycles. The first-order valence-electron chi connectivity index (χ1n) is 7.73. The molecule has 21 heteroatoms. The van der Waals surface area contributed by atoms with Crippen molar-refractivity contribution < 1.29 is 65.0 Å². The Bertz CT molecular complexity index is 1130. The highest BCUT2D eigenvalue weighted by molar-refractivity contribution is 7.66. The standard InChI is InChI=1S/C11H14F2N3O13P3/c1-2-11(13)7(17)6(27-9(11)16-3-5(12)8(14)15-10(16)18)4-26-31(22,23)29-32(24,25)28-30(19,20)21/h1,3,6-7,9,17H,4H2,(H,22,23)(H,24,25)(H2,14,15,18)(H2,19,20,21)/t6-,7+,9-,11?/m1/s1. The van der Waals surface area contributed by atoms with Gasteiger partial charge in [0.05, 0.1) is 12.8 Å². The number of phosphoric acid groups is 3. The highest BCUT2D eigenvalue weighted by atomic mass is 31.3. The Balaban J connectivity index is 2.22. The molecule has 3 unspecified atom stereocenters. The number of nitrogen functional groups attached to an aromatic ring is 1. The van der Waals surface area contributed by atoms with Crippen LogP contribution in [0.2, 0.25) is 0 Å². The minimum absolute atomic E-state index is 0.208. The smallest absolute Gasteiger partial charge is 0.386 e. The molecule has 32 heavy (non-hydrogen) atoms. The Morgan fingerprint density at radius 1 is 1.28 bits per heavy atom. The van der Waals surface area contributed by atoms with Crippen molar-refractivity contribution in [3.8, 4) is 12.3 Å². The molecular formula is C11H14F2N3O13P3. The average molecular weight is 527 g/mol. The van der Waals surface area contributed by atoms with Crippen LogP contribution >= 0.6 is 23.5 Å². The molecule has 6 atom stereocenters. The van der Waals surface area contributed by atoms with Crippen LogP contribution in [0.1, 0.15) is 6.23 Å². The first-order chi connectivity index (χ1) is 14.4. The fourth-order valence-electron chi connectivity index (χ4n) is 2.41. The van der Waals surface area contributed by atoms with Gasteiger partial charge in [0.1, 0.15) is 12.2 Å². The van der Waals surface area contributed by atoms with Crippen LogP contribution in [0.5, 0.6) is 0 Å². The molecule has 0 radical (unpaired) electrons. The van der Waals surface area contributed by atoms with Crippen LogP contribution in [0.3, 0.4) is 0 Å². The fraction of sp³-hybridized carbons (Fsp3) is 0.455. The van der Waals surface area contributed by atoms with Crippen molar-refractivity contribution in [1.82, 2.24) is 9.55 Å². The van der Waals surface area contributed by atoms with Crippen LogP contribution in [-0.4, -0.2) is 58.7 Å². The Labute approximate surface area is 176 Å². The number of aliphatic hydroxyl groups excluding tert-OH is 1. The zero-order valence-corrected chi connectivity index (χ0v) is 17.8. The van der Waals surface area contributed by atoms with E-state index in [1.54, 1.807) is 0 Å². The summed E-state index contributed by atoms with van der Waals surface area (Å²) in [5, 5.41) is 10.1. The van der Waals surface area contributed by atoms with Gasteiger partial charge in [-0.1, -0.05) is 5.92 Å². The molecule has 0 amide bonds. The predicted molar refractivity (Wildman–Crippen MR) is 95.3 cm³/mol. The quantitative estimate of drug-likeness (QED) is 0.174. The third kappa shape index (κ3) is 6.06. The molecule has 0 saturated carbocycles. The van der Waals surface area contributed by atoms with Crippen LogP contribution in [0, 0.1) is 18.2 Å². The first-order valence-corrected chi connectivity index (χ1v) is 12.3. The van der Waals surface area contributed by atoms with Gasteiger partial charge in [0.25, 0.3) is 0 Å². The number of anilines is 1. The monoisotopic (exact) mass is 527 g/mol. The van der Waals surface area contributed by atoms with Gasteiger partial charge in [-0.3, -0.25) is 9.09 Å². The van der Waals surface area contributed by atoms with Gasteiger partial charge in [-0.15, -0.1) is 6.42 Å². The second kappa shape index (κ2) is 8.99. The highest BCUT2D eigenvalue weighted by Crippen LogP contribution is 2.66. The van der Waals surface area contributed by atoms with E-state index in [1.807, 2.05) is 0 Å². The molecule has 0 aliphatic carbocycles. The number of aliphatic hydroxyl groups is 1. The van der Waals surface area contributed by atoms with Gasteiger partial charge in [-0.05, 0) is 0 Å². The minimum atomic E-state index is -5.84. The number of terminal acetylenes is 1. The Kier molecular flexibility index (Phi) is 7.50. The summed E-state index contributed by atoms with van der Waals surface area (Å²) in [5.74, 6) is -0.614. The molecule has 0 bridgehead atoms. The maximum absolute atomic E-state index is 15.2. The Morgan fingerprint density at radius 2 is 1.88 bits per heavy atom. The summed E-state index contributed by atoms with van der Waals surface area (Å²) in [6, 6.07) is 0. The van der Waals surface area contributed by atoms with Crippen molar-refractivity contribution in [2.45, 2.75) is 24.1 Å². The predicted octanol–water partition coefficient (Wildman–Crippen LogP) is -1.09. The maximum Gasteiger partial charge on any atom is 0.490 e. The molecular weight excluding hydrogens is 513 g/mol. The number of nitrogens with two attached hydrogens (primary N) is 1. The average Bonchev–Trinajstić information content (AvgIpc) is 2.85. The van der Waals surface area contributed by atoms with Gasteiger partial charge in [-0.2, -0.15) is 13.6 Å². The number of hydrogen-bond donors (Lipinski definition) is 6. The lowest BCUT2D eigenvalue weighted by Crippen LogP contribution is -2.44. The van der Waals surface area contributed by atoms with Gasteiger partial charge in [0.2, 0.25) is 5.67 Å². The van der Waals surface area contributed by atoms with Crippen molar-refractivity contribution in [2.75, 3.05) is 12.3 Å². The Hall–Kier alpha value is -1.57. The summed E-state index contributed by atoms with van der Waals surface area (Å²) in [6.07, 6.45) is -1.15. The number of nitrogens with zero attached hydrogens (tertiary/aromatic N) is 2. The number of ether oxygens (including phenoxy) is 1. The Morgan fingerprint density at radius 3 is 2.41 bits per heavy atom. The molecule has 1 aliphatic rings. The molecule has 1 fully saturated rings. The topological polar surface area (TPSA) is 250 Å². The summed E-state index contributed by atoms with van der Waals surface area (Å²) in [6.45, 7) is -1.30. The second-order valence-corrected chi connectivity index (χ2v) is 10.4. The lowest BCUT2D eigenvalue weighted by atomic mass is 9.97. The van der Waals surface area contributed by atoms with Crippen LogP contribution < -0.4 is 11.4 Å². The zero-order chi connectivity index (χ0) is 24.7. The van der Waals surface area contributed by atoms with E-state index in [9.17, 15) is 32.9 Å². The van der Waals surface area contributed by atoms with Crippen LogP contribution in [0.4, 0.5) is 14.6 Å². The summed E-state index contributed by atoms with van der Waals surface area (Å²) in [7, 11) is -17.1. The third-order valence-corrected chi connectivity index (χ3v) is 7.47. The summed E-state index contributed by atoms with van der Waals surface area (Å²) >= 11 is 0. The largest absolute Gasteiger partial charge is 0.490 e. The molecule has 180 valence electrons. The molecule has 1 aromatic heterocycles. The SMILES string of the molecule is C#CC1(F)[C@@H](O)[C@@H](COP(=O)(O)OP(=O)(O)OP(=O)(O)O)O[C@H]1n1cc(F)c(N)nc1=O. The van der Waals surface area contributed by atoms with Gasteiger partial charge in [0.15, 0.2) is 17.9 Å². The number of hydrogen-bond acceptors (Lipinski definition) is 11. The highest BCUT2D eigenvalue weighted by Gasteiger charge is 2.58. The van der Waals surface area contributed by atoms with E-state index >= 15 is 4.39 Å². The zero-order valence-electron chi connectivity index (χ0n) is 15.2. The minimum Gasteiger partial charge on any atom is -0.386 e. The number of aromatic nitrogens is 2. The van der Waals surface area contributed by atoms with Crippen LogP contribution in [-0.2, 0) is 31.6 Å². The normalized spacial score (nSPS) is 29.8. The van der Waals surface area contributed by atoms with Gasteiger partial charge >= 0.3 is 29.2 Å². The van der Waals surface area contributed by atoms with Crippen molar-refractivity contribution in [3.05, 3.63) is 22.5 Å². The van der Waals surface area contributed by atoms with Gasteiger partial charge in [-0.25, -0.2) is 27.3 Å². The van der Waals surface area contributed by atoms with Gasteiger partial charge < -0.3 is 35.2 Å². The van der Waals surface area contributed by atoms with Crippen LogP contribution in [0.25, 0.3) is 0 Å². The number of halogens is 2. The molecule has 16 nitrogen and oxygen atoms in total. The number of phosphoric ester groups is 1. The summed E-state index contributed by atoms with van der Waals surface area (Å²) in [5.41, 5.74) is 0.530. The first kappa shape index (κ1) is 26.7. The summed E-state index contributed by atoms with van der Waals surface area (Å²) in [4.78, 5) is 50.4. The maximum atomic E-state index is 15.2. The number of alkyl halides is 1. The molecule has 2 rings (SSSR count). The fourth-order valence-corrected chi connectivity index (χ4v) is 5.44. The second-order valence-electron chi connectivity index (χ2n) is 5.93. The molecule has 1 saturated heterocycles. The third-order valence-electron chi connectivity index (χ3n) is 3.67. The van der Waals surface area contributed by atoms with E-state index < -0.39 is 71.5 Å². The van der Waals surface area contributed by atoms with E-state index in [-0.39, 0.29) is 4.57 Å². The van der Waals surface area contributed by atoms with E-state index in [2.05, 4.69) is 18.1 Å². The number of rotatable bonds is 8. The van der Waals surface area contributed by atoms with Crippen molar-refractivity contribution in [1.29, 1.82) is 0 Å². The molecule has 7 N–H and O–H groups in total. The van der Waals surface area contributed by atoms with Crippen molar-refractivity contribution in [3.63, 3.8) is 0 Å². The van der Waals surface area contributed by atoms with E-state index in [1.165, 1.54) is 5.92 Å².